The van der Waals surface area contributed by atoms with Crippen LogP contribution in [0.15, 0.2) is 36.5 Å². The molecule has 0 saturated carbocycles. The second-order valence-electron chi connectivity index (χ2n) is 3.78. The van der Waals surface area contributed by atoms with Crippen molar-refractivity contribution in [3.05, 3.63) is 48.0 Å². The minimum atomic E-state index is -0.604. The predicted octanol–water partition coefficient (Wildman–Crippen LogP) is 2.06. The van der Waals surface area contributed by atoms with Gasteiger partial charge in [0.05, 0.1) is 24.7 Å². The van der Waals surface area contributed by atoms with E-state index >= 15 is 0 Å². The highest BCUT2D eigenvalue weighted by atomic mass is 19.1. The molecule has 2 rings (SSSR count). The zero-order chi connectivity index (χ0) is 13.8. The molecule has 0 saturated heterocycles. The van der Waals surface area contributed by atoms with Crippen molar-refractivity contribution in [2.24, 2.45) is 0 Å². The number of anilines is 2. The lowest BCUT2D eigenvalue weighted by Gasteiger charge is -2.08. The van der Waals surface area contributed by atoms with Gasteiger partial charge in [0.15, 0.2) is 0 Å². The van der Waals surface area contributed by atoms with Gasteiger partial charge in [0.2, 0.25) is 5.95 Å². The van der Waals surface area contributed by atoms with E-state index in [1.165, 1.54) is 31.5 Å². The van der Waals surface area contributed by atoms with Gasteiger partial charge >= 0.3 is 0 Å². The van der Waals surface area contributed by atoms with Crippen LogP contribution >= 0.6 is 0 Å². The van der Waals surface area contributed by atoms with Crippen LogP contribution < -0.4 is 15.8 Å². The number of carbonyl (C=O) groups excluding carboxylic acids is 1. The van der Waals surface area contributed by atoms with Crippen LogP contribution in [0.2, 0.25) is 0 Å². The van der Waals surface area contributed by atoms with Gasteiger partial charge in [-0.3, -0.25) is 4.79 Å². The standard InChI is InChI=1S/C13H12FN3O2/c1-19-11-6-8(2-4-10(11)15)13(18)17-9-3-5-12(14)16-7-9/h2-7H,15H2,1H3,(H,17,18). The van der Waals surface area contributed by atoms with Gasteiger partial charge < -0.3 is 15.8 Å². The summed E-state index contributed by atoms with van der Waals surface area (Å²) >= 11 is 0. The number of methoxy groups -OCH3 is 1. The van der Waals surface area contributed by atoms with E-state index < -0.39 is 5.95 Å². The molecule has 0 aliphatic heterocycles. The third-order valence-corrected chi connectivity index (χ3v) is 2.48. The fraction of sp³-hybridized carbons (Fsp3) is 0.0769. The number of aromatic nitrogens is 1. The Labute approximate surface area is 109 Å². The lowest BCUT2D eigenvalue weighted by molar-refractivity contribution is 0.102. The number of nitrogens with one attached hydrogen (secondary N) is 1. The summed E-state index contributed by atoms with van der Waals surface area (Å²) in [7, 11) is 1.47. The molecule has 98 valence electrons. The molecule has 6 heteroatoms. The second-order valence-corrected chi connectivity index (χ2v) is 3.78. The van der Waals surface area contributed by atoms with Gasteiger partial charge in [0.1, 0.15) is 5.75 Å². The molecule has 0 spiro atoms. The van der Waals surface area contributed by atoms with E-state index in [4.69, 9.17) is 10.5 Å². The van der Waals surface area contributed by atoms with Gasteiger partial charge in [-0.05, 0) is 30.3 Å². The summed E-state index contributed by atoms with van der Waals surface area (Å²) in [5.41, 5.74) is 6.90. The number of hydrogen-bond donors (Lipinski definition) is 2. The maximum absolute atomic E-state index is 12.6. The van der Waals surface area contributed by atoms with Crippen LogP contribution in [-0.2, 0) is 0 Å². The van der Waals surface area contributed by atoms with Gasteiger partial charge in [-0.25, -0.2) is 4.98 Å². The Kier molecular flexibility index (Phi) is 3.61. The number of halogens is 1. The van der Waals surface area contributed by atoms with Crippen LogP contribution in [0, 0.1) is 5.95 Å². The van der Waals surface area contributed by atoms with Crippen molar-refractivity contribution < 1.29 is 13.9 Å². The normalized spacial score (nSPS) is 10.0. The van der Waals surface area contributed by atoms with E-state index in [-0.39, 0.29) is 5.91 Å². The summed E-state index contributed by atoms with van der Waals surface area (Å²) in [5.74, 6) is -0.538. The van der Waals surface area contributed by atoms with Crippen molar-refractivity contribution >= 4 is 17.3 Å². The lowest BCUT2D eigenvalue weighted by atomic mass is 10.1. The van der Waals surface area contributed by atoms with Crippen LogP contribution in [-0.4, -0.2) is 18.0 Å². The molecule has 0 unspecified atom stereocenters. The van der Waals surface area contributed by atoms with E-state index in [1.54, 1.807) is 12.1 Å². The molecule has 0 radical (unpaired) electrons. The van der Waals surface area contributed by atoms with Gasteiger partial charge in [-0.1, -0.05) is 0 Å². The molecule has 2 aromatic rings. The maximum Gasteiger partial charge on any atom is 0.255 e. The largest absolute Gasteiger partial charge is 0.495 e. The topological polar surface area (TPSA) is 77.2 Å². The van der Waals surface area contributed by atoms with Gasteiger partial charge in [-0.15, -0.1) is 0 Å². The maximum atomic E-state index is 12.6. The highest BCUT2D eigenvalue weighted by Crippen LogP contribution is 2.22. The molecule has 3 N–H and O–H groups in total. The van der Waals surface area contributed by atoms with Gasteiger partial charge in [0.25, 0.3) is 5.91 Å². The minimum absolute atomic E-state index is 0.355. The number of benzene rings is 1. The molecule has 1 amide bonds. The number of amides is 1. The predicted molar refractivity (Wildman–Crippen MR) is 69.6 cm³/mol. The molecule has 19 heavy (non-hydrogen) atoms. The zero-order valence-electron chi connectivity index (χ0n) is 10.2. The fourth-order valence-corrected chi connectivity index (χ4v) is 1.51. The SMILES string of the molecule is COc1cc(C(=O)Nc2ccc(F)nc2)ccc1N. The highest BCUT2D eigenvalue weighted by Gasteiger charge is 2.09. The van der Waals surface area contributed by atoms with Crippen molar-refractivity contribution in [3.8, 4) is 5.75 Å². The monoisotopic (exact) mass is 261 g/mol. The number of pyridine rings is 1. The first kappa shape index (κ1) is 12.8. The van der Waals surface area contributed by atoms with Crippen molar-refractivity contribution in [3.63, 3.8) is 0 Å². The van der Waals surface area contributed by atoms with Gasteiger partial charge in [0, 0.05) is 5.56 Å². The number of rotatable bonds is 3. The van der Waals surface area contributed by atoms with Crippen molar-refractivity contribution in [2.45, 2.75) is 0 Å². The minimum Gasteiger partial charge on any atom is -0.495 e. The molecule has 1 heterocycles. The quantitative estimate of drug-likeness (QED) is 0.655. The average molecular weight is 261 g/mol. The molecule has 5 nitrogen and oxygen atoms in total. The first-order valence-electron chi connectivity index (χ1n) is 5.46. The molecule has 0 aliphatic carbocycles. The molecular formula is C13H12FN3O2. The summed E-state index contributed by atoms with van der Waals surface area (Å²) in [6.07, 6.45) is 1.24. The number of carbonyl (C=O) groups is 1. The second kappa shape index (κ2) is 5.34. The number of hydrogen-bond acceptors (Lipinski definition) is 4. The summed E-state index contributed by atoms with van der Waals surface area (Å²) in [5, 5.41) is 2.59. The van der Waals surface area contributed by atoms with Crippen LogP contribution in [0.4, 0.5) is 15.8 Å². The molecule has 1 aromatic carbocycles. The van der Waals surface area contributed by atoms with E-state index in [0.29, 0.717) is 22.7 Å². The smallest absolute Gasteiger partial charge is 0.255 e. The Hall–Kier alpha value is -2.63. The van der Waals surface area contributed by atoms with Crippen LogP contribution in [0.5, 0.6) is 5.75 Å². The summed E-state index contributed by atoms with van der Waals surface area (Å²) < 4.78 is 17.7. The Morgan fingerprint density at radius 2 is 2.16 bits per heavy atom. The Balaban J connectivity index is 2.18. The molecule has 0 fully saturated rings. The molecule has 0 aliphatic rings. The first-order chi connectivity index (χ1) is 9.10. The van der Waals surface area contributed by atoms with Crippen molar-refractivity contribution in [1.82, 2.24) is 4.98 Å². The van der Waals surface area contributed by atoms with E-state index in [2.05, 4.69) is 10.3 Å². The number of ether oxygens (including phenoxy) is 1. The first-order valence-corrected chi connectivity index (χ1v) is 5.46. The number of nitrogens with zero attached hydrogens (tertiary/aromatic N) is 1. The van der Waals surface area contributed by atoms with E-state index in [9.17, 15) is 9.18 Å². The van der Waals surface area contributed by atoms with Crippen LogP contribution in [0.25, 0.3) is 0 Å². The Morgan fingerprint density at radius 3 is 2.79 bits per heavy atom. The fourth-order valence-electron chi connectivity index (χ4n) is 1.51. The molecular weight excluding hydrogens is 249 g/mol. The van der Waals surface area contributed by atoms with Crippen molar-refractivity contribution in [1.29, 1.82) is 0 Å². The van der Waals surface area contributed by atoms with Crippen LogP contribution in [0.1, 0.15) is 10.4 Å². The van der Waals surface area contributed by atoms with Crippen LogP contribution in [0.3, 0.4) is 0 Å². The third kappa shape index (κ3) is 2.98. The highest BCUT2D eigenvalue weighted by molar-refractivity contribution is 6.04. The summed E-state index contributed by atoms with van der Waals surface area (Å²) in [6, 6.07) is 7.27. The van der Waals surface area contributed by atoms with Crippen molar-refractivity contribution in [2.75, 3.05) is 18.2 Å². The van der Waals surface area contributed by atoms with E-state index in [0.717, 1.165) is 0 Å². The Morgan fingerprint density at radius 1 is 1.37 bits per heavy atom. The Bertz CT molecular complexity index is 599. The molecule has 0 atom stereocenters. The zero-order valence-corrected chi connectivity index (χ0v) is 10.2. The summed E-state index contributed by atoms with van der Waals surface area (Å²) in [6.45, 7) is 0. The molecule has 1 aromatic heterocycles. The average Bonchev–Trinajstić information content (AvgIpc) is 2.42. The van der Waals surface area contributed by atoms with E-state index in [1.807, 2.05) is 0 Å². The number of nitrogen functional groups attached to an aromatic ring is 1. The molecule has 0 bridgehead atoms. The lowest BCUT2D eigenvalue weighted by Crippen LogP contribution is -2.12. The summed E-state index contributed by atoms with van der Waals surface area (Å²) in [4.78, 5) is 15.4. The number of nitrogens with two attached hydrogens (primary N) is 1. The third-order valence-electron chi connectivity index (χ3n) is 2.48. The van der Waals surface area contributed by atoms with Gasteiger partial charge in [-0.2, -0.15) is 4.39 Å².